The molecule has 0 unspecified atom stereocenters. The average molecular weight is 351 g/mol. The molecule has 0 aliphatic carbocycles. The number of aromatic nitrogens is 3. The van der Waals surface area contributed by atoms with Gasteiger partial charge >= 0.3 is 0 Å². The van der Waals surface area contributed by atoms with Gasteiger partial charge in [-0.25, -0.2) is 19.4 Å². The molecule has 134 valence electrons. The molecule has 3 heterocycles. The Labute approximate surface area is 141 Å². The third-order valence-electron chi connectivity index (χ3n) is 4.08. The second-order valence-corrected chi connectivity index (χ2v) is 5.64. The molecule has 0 aromatic carbocycles. The summed E-state index contributed by atoms with van der Waals surface area (Å²) in [5.41, 5.74) is 6.27. The summed E-state index contributed by atoms with van der Waals surface area (Å²) in [5.74, 6) is -0.618. The summed E-state index contributed by atoms with van der Waals surface area (Å²) in [4.78, 5) is 11.9. The Hall–Kier alpha value is -2.40. The maximum atomic E-state index is 14.6. The minimum absolute atomic E-state index is 0.126. The van der Waals surface area contributed by atoms with Crippen molar-refractivity contribution >= 4 is 22.9 Å². The summed E-state index contributed by atoms with van der Waals surface area (Å²) in [6.07, 6.45) is 0.200. The van der Waals surface area contributed by atoms with Gasteiger partial charge in [-0.15, -0.1) is 0 Å². The molecule has 5 N–H and O–H groups in total. The summed E-state index contributed by atoms with van der Waals surface area (Å²) in [5, 5.41) is 29.4. The van der Waals surface area contributed by atoms with Gasteiger partial charge in [0, 0.05) is 12.4 Å². The highest BCUT2D eigenvalue weighted by Crippen LogP contribution is 2.34. The van der Waals surface area contributed by atoms with Gasteiger partial charge in [0.2, 0.25) is 0 Å². The fourth-order valence-corrected chi connectivity index (χ4v) is 2.86. The molecule has 0 spiro atoms. The van der Waals surface area contributed by atoms with Gasteiger partial charge in [-0.2, -0.15) is 0 Å². The molecule has 2 aromatic heterocycles. The highest BCUT2D eigenvalue weighted by Gasteiger charge is 2.44. The number of nitrogens with zero attached hydrogens (tertiary/aromatic N) is 4. The molecule has 1 saturated heterocycles. The fraction of sp³-hybridized carbons (Fsp3) is 0.400. The summed E-state index contributed by atoms with van der Waals surface area (Å²) in [7, 11) is 0. The van der Waals surface area contributed by atoms with Gasteiger partial charge in [-0.3, -0.25) is 0 Å². The van der Waals surface area contributed by atoms with Crippen molar-refractivity contribution in [2.75, 3.05) is 6.61 Å². The molecule has 0 amide bonds. The van der Waals surface area contributed by atoms with Gasteiger partial charge < -0.3 is 30.4 Å². The lowest BCUT2D eigenvalue weighted by molar-refractivity contribution is -0.0510. The molecular weight excluding hydrogens is 333 g/mol. The molecule has 1 aliphatic heterocycles. The lowest BCUT2D eigenvalue weighted by atomic mass is 10.1. The number of aliphatic hydroxyl groups excluding tert-OH is 3. The molecule has 0 radical (unpaired) electrons. The maximum absolute atomic E-state index is 14.6. The molecule has 0 saturated carbocycles. The Balaban J connectivity index is 2.11. The van der Waals surface area contributed by atoms with E-state index in [1.54, 1.807) is 6.92 Å². The largest absolute Gasteiger partial charge is 0.394 e. The van der Waals surface area contributed by atoms with Crippen LogP contribution in [0.15, 0.2) is 23.7 Å². The van der Waals surface area contributed by atoms with Crippen LogP contribution in [-0.2, 0) is 4.74 Å². The molecule has 9 nitrogen and oxygen atoms in total. The number of allylic oxidation sites excluding steroid dienone is 1. The van der Waals surface area contributed by atoms with E-state index in [-0.39, 0.29) is 11.0 Å². The maximum Gasteiger partial charge on any atom is 0.164 e. The summed E-state index contributed by atoms with van der Waals surface area (Å²) < 4.78 is 21.3. The van der Waals surface area contributed by atoms with Gasteiger partial charge in [0.1, 0.15) is 30.3 Å². The topological polar surface area (TPSA) is 139 Å². The van der Waals surface area contributed by atoms with Crippen LogP contribution in [0.1, 0.15) is 18.8 Å². The number of fused-ring (bicyclic) bond motifs is 1. The van der Waals surface area contributed by atoms with Crippen LogP contribution >= 0.6 is 0 Å². The highest BCUT2D eigenvalue weighted by molar-refractivity contribution is 5.88. The first-order valence-electron chi connectivity index (χ1n) is 7.53. The lowest BCUT2D eigenvalue weighted by Crippen LogP contribution is -2.33. The monoisotopic (exact) mass is 351 g/mol. The van der Waals surface area contributed by atoms with Gasteiger partial charge in [0.05, 0.1) is 24.0 Å². The Morgan fingerprint density at radius 1 is 1.44 bits per heavy atom. The minimum atomic E-state index is -1.34. The average Bonchev–Trinajstić information content (AvgIpc) is 3.10. The first-order chi connectivity index (χ1) is 12.0. The SMILES string of the molecule is C/C(=C\N=CN)c1ncnc2c1c(F)cn2[C@@H]1O[C@H](CO)[C@@H](O)[C@H]1O. The summed E-state index contributed by atoms with van der Waals surface area (Å²) in [6, 6.07) is 0. The molecule has 4 atom stereocenters. The molecule has 25 heavy (non-hydrogen) atoms. The zero-order valence-electron chi connectivity index (χ0n) is 13.3. The van der Waals surface area contributed by atoms with E-state index in [9.17, 15) is 19.7 Å². The van der Waals surface area contributed by atoms with Crippen LogP contribution in [0, 0.1) is 5.82 Å². The molecule has 0 bridgehead atoms. The van der Waals surface area contributed by atoms with Crippen LogP contribution in [0.25, 0.3) is 16.6 Å². The van der Waals surface area contributed by atoms with Crippen LogP contribution in [0.2, 0.25) is 0 Å². The van der Waals surface area contributed by atoms with Gasteiger partial charge in [-0.05, 0) is 12.5 Å². The number of rotatable bonds is 4. The number of ether oxygens (including phenoxy) is 1. The van der Waals surface area contributed by atoms with E-state index >= 15 is 0 Å². The van der Waals surface area contributed by atoms with Crippen molar-refractivity contribution in [2.24, 2.45) is 10.7 Å². The Morgan fingerprint density at radius 3 is 2.84 bits per heavy atom. The standard InChI is InChI=1S/C15H18FN5O4/c1-7(2-18-5-17)11-10-8(16)3-21(14(10)20-6-19-11)15-13(24)12(23)9(4-22)25-15/h2-3,5-6,9,12-13,15,22-24H,4H2,1H3,(H2,17,18)/b7-2+/t9-,12-,13-,15-/m1/s1. The number of aliphatic imine (C=N–C) groups is 1. The Morgan fingerprint density at radius 2 is 2.20 bits per heavy atom. The molecule has 1 aliphatic rings. The number of hydrogen-bond donors (Lipinski definition) is 4. The third kappa shape index (κ3) is 2.89. The van der Waals surface area contributed by atoms with Crippen LogP contribution in [0.4, 0.5) is 4.39 Å². The molecule has 3 rings (SSSR count). The van der Waals surface area contributed by atoms with Crippen molar-refractivity contribution in [1.29, 1.82) is 0 Å². The predicted molar refractivity (Wildman–Crippen MR) is 86.8 cm³/mol. The molecular formula is C15H18FN5O4. The summed E-state index contributed by atoms with van der Waals surface area (Å²) >= 11 is 0. The zero-order valence-corrected chi connectivity index (χ0v) is 13.3. The van der Waals surface area contributed by atoms with Crippen molar-refractivity contribution in [2.45, 2.75) is 31.5 Å². The predicted octanol–water partition coefficient (Wildman–Crippen LogP) is -0.470. The normalized spacial score (nSPS) is 27.6. The second-order valence-electron chi connectivity index (χ2n) is 5.64. The van der Waals surface area contributed by atoms with Crippen molar-refractivity contribution in [1.82, 2.24) is 14.5 Å². The van der Waals surface area contributed by atoms with E-state index in [0.29, 0.717) is 11.3 Å². The lowest BCUT2D eigenvalue weighted by Gasteiger charge is -2.17. The van der Waals surface area contributed by atoms with Crippen molar-refractivity contribution in [3.8, 4) is 0 Å². The zero-order chi connectivity index (χ0) is 18.1. The van der Waals surface area contributed by atoms with Crippen molar-refractivity contribution in [3.63, 3.8) is 0 Å². The van der Waals surface area contributed by atoms with E-state index in [1.807, 2.05) is 0 Å². The highest BCUT2D eigenvalue weighted by atomic mass is 19.1. The van der Waals surface area contributed by atoms with E-state index < -0.39 is 37.0 Å². The van der Waals surface area contributed by atoms with Crippen molar-refractivity contribution in [3.05, 3.63) is 30.2 Å². The van der Waals surface area contributed by atoms with E-state index in [1.165, 1.54) is 17.1 Å². The molecule has 2 aromatic rings. The Kier molecular flexibility index (Phi) is 4.77. The fourth-order valence-electron chi connectivity index (χ4n) is 2.86. The van der Waals surface area contributed by atoms with E-state index in [2.05, 4.69) is 15.0 Å². The summed E-state index contributed by atoms with van der Waals surface area (Å²) in [6.45, 7) is 1.22. The minimum Gasteiger partial charge on any atom is -0.394 e. The Bertz CT molecular complexity index is 837. The van der Waals surface area contributed by atoms with Crippen LogP contribution < -0.4 is 5.73 Å². The van der Waals surface area contributed by atoms with Crippen LogP contribution in [-0.4, -0.2) is 61.1 Å². The second kappa shape index (κ2) is 6.84. The number of hydrogen-bond acceptors (Lipinski definition) is 7. The molecule has 10 heteroatoms. The van der Waals surface area contributed by atoms with Crippen LogP contribution in [0.5, 0.6) is 0 Å². The van der Waals surface area contributed by atoms with Gasteiger partial charge in [0.25, 0.3) is 0 Å². The first kappa shape index (κ1) is 17.4. The quantitative estimate of drug-likeness (QED) is 0.431. The number of halogens is 1. The smallest absolute Gasteiger partial charge is 0.164 e. The third-order valence-corrected chi connectivity index (χ3v) is 4.08. The molecule has 1 fully saturated rings. The number of aliphatic hydroxyl groups is 3. The van der Waals surface area contributed by atoms with Gasteiger partial charge in [0.15, 0.2) is 12.0 Å². The van der Waals surface area contributed by atoms with E-state index in [0.717, 1.165) is 12.5 Å². The van der Waals surface area contributed by atoms with Crippen molar-refractivity contribution < 1.29 is 24.4 Å². The number of nitrogens with two attached hydrogens (primary N) is 1. The van der Waals surface area contributed by atoms with E-state index in [4.69, 9.17) is 10.5 Å². The van der Waals surface area contributed by atoms with Crippen LogP contribution in [0.3, 0.4) is 0 Å². The van der Waals surface area contributed by atoms with Gasteiger partial charge in [-0.1, -0.05) is 0 Å². The first-order valence-corrected chi connectivity index (χ1v) is 7.53.